The summed E-state index contributed by atoms with van der Waals surface area (Å²) < 4.78 is 27.7. The zero-order valence-corrected chi connectivity index (χ0v) is 20.5. The van der Waals surface area contributed by atoms with E-state index in [1.54, 1.807) is 49.5 Å². The van der Waals surface area contributed by atoms with E-state index in [0.717, 1.165) is 32.1 Å². The first kappa shape index (κ1) is 24.1. The lowest BCUT2D eigenvalue weighted by Crippen LogP contribution is -2.38. The smallest absolute Gasteiger partial charge is 0.265 e. The normalized spacial score (nSPS) is 14.6. The van der Waals surface area contributed by atoms with Gasteiger partial charge in [-0.2, -0.15) is 4.31 Å². The number of nitrogens with zero attached hydrogens (tertiary/aromatic N) is 1. The van der Waals surface area contributed by atoms with Crippen LogP contribution in [0.4, 0.5) is 11.4 Å². The summed E-state index contributed by atoms with van der Waals surface area (Å²) in [5.74, 6) is -0.601. The number of benzene rings is 2. The van der Waals surface area contributed by atoms with E-state index in [0.29, 0.717) is 16.3 Å². The molecular formula is C25H27N3O4S2. The van der Waals surface area contributed by atoms with Gasteiger partial charge in [0.15, 0.2) is 0 Å². The van der Waals surface area contributed by atoms with Crippen LogP contribution in [0.1, 0.15) is 52.1 Å². The van der Waals surface area contributed by atoms with Crippen molar-refractivity contribution in [2.24, 2.45) is 0 Å². The summed E-state index contributed by atoms with van der Waals surface area (Å²) in [6, 6.07) is 16.4. The summed E-state index contributed by atoms with van der Waals surface area (Å²) in [6.45, 7) is 0. The van der Waals surface area contributed by atoms with Crippen LogP contribution in [0, 0.1) is 0 Å². The Morgan fingerprint density at radius 2 is 1.53 bits per heavy atom. The number of amides is 2. The van der Waals surface area contributed by atoms with Gasteiger partial charge in [0.05, 0.1) is 9.77 Å². The van der Waals surface area contributed by atoms with E-state index >= 15 is 0 Å². The van der Waals surface area contributed by atoms with Gasteiger partial charge in [-0.3, -0.25) is 9.59 Å². The van der Waals surface area contributed by atoms with Gasteiger partial charge < -0.3 is 10.6 Å². The molecule has 1 fully saturated rings. The highest BCUT2D eigenvalue weighted by atomic mass is 32.2. The molecule has 7 nitrogen and oxygen atoms in total. The fourth-order valence-electron chi connectivity index (χ4n) is 4.05. The van der Waals surface area contributed by atoms with Crippen LogP contribution in [-0.4, -0.2) is 37.6 Å². The van der Waals surface area contributed by atoms with Crippen LogP contribution in [0.25, 0.3) is 0 Å². The average molecular weight is 498 g/mol. The highest BCUT2D eigenvalue weighted by Gasteiger charge is 2.29. The Kier molecular flexibility index (Phi) is 7.45. The molecule has 1 aliphatic carbocycles. The molecule has 1 saturated carbocycles. The predicted octanol–water partition coefficient (Wildman–Crippen LogP) is 5.21. The maximum absolute atomic E-state index is 13.1. The first-order valence-electron chi connectivity index (χ1n) is 11.2. The van der Waals surface area contributed by atoms with Crippen molar-refractivity contribution in [3.05, 3.63) is 76.5 Å². The van der Waals surface area contributed by atoms with Gasteiger partial charge in [0.25, 0.3) is 11.8 Å². The summed E-state index contributed by atoms with van der Waals surface area (Å²) in [6.07, 6.45) is 4.92. The molecule has 9 heteroatoms. The van der Waals surface area contributed by atoms with Gasteiger partial charge >= 0.3 is 0 Å². The maximum Gasteiger partial charge on any atom is 0.265 e. The highest BCUT2D eigenvalue weighted by molar-refractivity contribution is 7.89. The van der Waals surface area contributed by atoms with Crippen LogP contribution >= 0.6 is 11.3 Å². The van der Waals surface area contributed by atoms with Crippen molar-refractivity contribution in [2.45, 2.75) is 43.0 Å². The molecule has 178 valence electrons. The second-order valence-electron chi connectivity index (χ2n) is 8.30. The average Bonchev–Trinajstić information content (AvgIpc) is 3.41. The quantitative estimate of drug-likeness (QED) is 0.469. The highest BCUT2D eigenvalue weighted by Crippen LogP contribution is 2.27. The van der Waals surface area contributed by atoms with Crippen LogP contribution in [0.2, 0.25) is 0 Å². The van der Waals surface area contributed by atoms with Gasteiger partial charge in [0.1, 0.15) is 0 Å². The van der Waals surface area contributed by atoms with Gasteiger partial charge in [-0.15, -0.1) is 11.3 Å². The van der Waals surface area contributed by atoms with Gasteiger partial charge in [-0.25, -0.2) is 8.42 Å². The summed E-state index contributed by atoms with van der Waals surface area (Å²) in [5.41, 5.74) is 1.40. The molecule has 0 aliphatic heterocycles. The van der Waals surface area contributed by atoms with Crippen LogP contribution in [0.5, 0.6) is 0 Å². The van der Waals surface area contributed by atoms with Crippen molar-refractivity contribution in [1.29, 1.82) is 0 Å². The van der Waals surface area contributed by atoms with Gasteiger partial charge in [-0.1, -0.05) is 31.4 Å². The zero-order chi connectivity index (χ0) is 24.1. The van der Waals surface area contributed by atoms with Crippen molar-refractivity contribution < 1.29 is 18.0 Å². The molecule has 0 atom stereocenters. The minimum atomic E-state index is -3.69. The number of sulfonamides is 1. The van der Waals surface area contributed by atoms with Gasteiger partial charge in [0, 0.05) is 30.0 Å². The van der Waals surface area contributed by atoms with Crippen molar-refractivity contribution in [3.8, 4) is 0 Å². The van der Waals surface area contributed by atoms with Gasteiger partial charge in [0.2, 0.25) is 10.0 Å². The fraction of sp³-hybridized carbons (Fsp3) is 0.280. The molecule has 0 bridgehead atoms. The Bertz CT molecular complexity index is 1250. The van der Waals surface area contributed by atoms with E-state index in [4.69, 9.17) is 0 Å². The molecule has 3 aromatic rings. The largest absolute Gasteiger partial charge is 0.322 e. The standard InChI is InChI=1S/C25H27N3O4S2/c1-28(21-8-3-2-4-9-21)34(31,32)22-10-5-7-18(17-22)24(29)26-19-12-14-20(15-13-19)27-25(30)23-11-6-16-33-23/h5-7,10-17,21H,2-4,8-9H2,1H3,(H,26,29)(H,27,30). The molecule has 0 saturated heterocycles. The van der Waals surface area contributed by atoms with Crippen molar-refractivity contribution in [2.75, 3.05) is 17.7 Å². The second kappa shape index (κ2) is 10.5. The molecule has 2 amide bonds. The van der Waals surface area contributed by atoms with Crippen LogP contribution < -0.4 is 10.6 Å². The molecule has 2 aromatic carbocycles. The lowest BCUT2D eigenvalue weighted by molar-refractivity contribution is 0.102. The second-order valence-corrected chi connectivity index (χ2v) is 11.2. The third-order valence-corrected chi connectivity index (χ3v) is 8.78. The number of hydrogen-bond donors (Lipinski definition) is 2. The zero-order valence-electron chi connectivity index (χ0n) is 18.9. The minimum absolute atomic E-state index is 0.00458. The maximum atomic E-state index is 13.1. The number of carbonyl (C=O) groups excluding carboxylic acids is 2. The lowest BCUT2D eigenvalue weighted by Gasteiger charge is -2.30. The van der Waals surface area contributed by atoms with Crippen LogP contribution in [0.3, 0.4) is 0 Å². The number of carbonyl (C=O) groups is 2. The van der Waals surface area contributed by atoms with Crippen molar-refractivity contribution in [3.63, 3.8) is 0 Å². The number of rotatable bonds is 7. The summed E-state index contributed by atoms with van der Waals surface area (Å²) >= 11 is 1.36. The molecule has 0 radical (unpaired) electrons. The summed E-state index contributed by atoms with van der Waals surface area (Å²) in [5, 5.41) is 7.42. The molecule has 1 aliphatic rings. The Balaban J connectivity index is 1.42. The Morgan fingerprint density at radius 1 is 0.882 bits per heavy atom. The first-order chi connectivity index (χ1) is 16.3. The molecule has 1 heterocycles. The summed E-state index contributed by atoms with van der Waals surface area (Å²) in [7, 11) is -2.07. The van der Waals surface area contributed by atoms with E-state index in [1.807, 2.05) is 11.4 Å². The SMILES string of the molecule is CN(C1CCCCC1)S(=O)(=O)c1cccc(C(=O)Nc2ccc(NC(=O)c3cccs3)cc2)c1. The van der Waals surface area contributed by atoms with E-state index < -0.39 is 15.9 Å². The van der Waals surface area contributed by atoms with Gasteiger partial charge in [-0.05, 0) is 66.8 Å². The third-order valence-electron chi connectivity index (χ3n) is 6.01. The summed E-state index contributed by atoms with van der Waals surface area (Å²) in [4.78, 5) is 25.7. The van der Waals surface area contributed by atoms with E-state index in [9.17, 15) is 18.0 Å². The Labute approximate surface area is 203 Å². The molecule has 2 N–H and O–H groups in total. The Morgan fingerprint density at radius 3 is 2.15 bits per heavy atom. The lowest BCUT2D eigenvalue weighted by atomic mass is 9.96. The molecule has 4 rings (SSSR count). The number of thiophene rings is 1. The molecular weight excluding hydrogens is 470 g/mol. The predicted molar refractivity (Wildman–Crippen MR) is 135 cm³/mol. The Hall–Kier alpha value is -3.01. The topological polar surface area (TPSA) is 95.6 Å². The minimum Gasteiger partial charge on any atom is -0.322 e. The third kappa shape index (κ3) is 5.55. The molecule has 0 unspecified atom stereocenters. The number of anilines is 2. The first-order valence-corrected chi connectivity index (χ1v) is 13.5. The van der Waals surface area contributed by atoms with Crippen molar-refractivity contribution in [1.82, 2.24) is 4.31 Å². The molecule has 34 heavy (non-hydrogen) atoms. The van der Waals surface area contributed by atoms with E-state index in [2.05, 4.69) is 10.6 Å². The van der Waals surface area contributed by atoms with E-state index in [1.165, 1.54) is 27.8 Å². The number of nitrogens with one attached hydrogen (secondary N) is 2. The van der Waals surface area contributed by atoms with Crippen LogP contribution in [0.15, 0.2) is 70.9 Å². The van der Waals surface area contributed by atoms with E-state index in [-0.39, 0.29) is 22.4 Å². The number of hydrogen-bond acceptors (Lipinski definition) is 5. The fourth-order valence-corrected chi connectivity index (χ4v) is 6.13. The van der Waals surface area contributed by atoms with Crippen LogP contribution in [-0.2, 0) is 10.0 Å². The molecule has 0 spiro atoms. The molecule has 1 aromatic heterocycles. The monoisotopic (exact) mass is 497 g/mol. The van der Waals surface area contributed by atoms with Crippen molar-refractivity contribution >= 4 is 44.5 Å².